The second-order valence-electron chi connectivity index (χ2n) is 8.21. The number of unbranched alkanes of at least 4 members (excludes halogenated alkanes) is 6. The molecule has 0 aliphatic carbocycles. The van der Waals surface area contributed by atoms with E-state index in [9.17, 15) is 9.59 Å². The van der Waals surface area contributed by atoms with E-state index in [0.717, 1.165) is 24.0 Å². The molecule has 0 bridgehead atoms. The van der Waals surface area contributed by atoms with Gasteiger partial charge in [-0.15, -0.1) is 0 Å². The quantitative estimate of drug-likeness (QED) is 0.223. The Morgan fingerprint density at radius 2 is 1.61 bits per heavy atom. The lowest BCUT2D eigenvalue weighted by atomic mass is 10.0. The van der Waals surface area contributed by atoms with Gasteiger partial charge in [0, 0.05) is 18.5 Å². The molecule has 33 heavy (non-hydrogen) atoms. The molecule has 0 atom stereocenters. The highest BCUT2D eigenvalue weighted by Gasteiger charge is 2.19. The molecule has 0 heterocycles. The summed E-state index contributed by atoms with van der Waals surface area (Å²) in [5, 5.41) is 10.3. The Balaban J connectivity index is 2.01. The first-order valence-corrected chi connectivity index (χ1v) is 12.1. The fourth-order valence-electron chi connectivity index (χ4n) is 3.55. The average Bonchev–Trinajstić information content (AvgIpc) is 2.83. The van der Waals surface area contributed by atoms with Gasteiger partial charge in [0.15, 0.2) is 0 Å². The van der Waals surface area contributed by atoms with Gasteiger partial charge in [-0.3, -0.25) is 14.4 Å². The topological polar surface area (TPSA) is 66.8 Å². The number of nitrogens with zero attached hydrogens (tertiary/aromatic N) is 1. The van der Waals surface area contributed by atoms with Crippen molar-refractivity contribution in [3.8, 4) is 0 Å². The van der Waals surface area contributed by atoms with Gasteiger partial charge in [-0.1, -0.05) is 99.7 Å². The van der Waals surface area contributed by atoms with Gasteiger partial charge in [0.05, 0.1) is 0 Å². The maximum absolute atomic E-state index is 13.3. The van der Waals surface area contributed by atoms with E-state index >= 15 is 0 Å². The molecule has 2 aromatic rings. The number of rotatable bonds is 16. The number of hydrogen-bond donors (Lipinski definition) is 1. The van der Waals surface area contributed by atoms with Gasteiger partial charge in [-0.25, -0.2) is 5.06 Å². The molecule has 0 fully saturated rings. The first-order valence-electron chi connectivity index (χ1n) is 12.1. The smallest absolute Gasteiger partial charge is 0.303 e. The normalized spacial score (nSPS) is 11.1. The van der Waals surface area contributed by atoms with Gasteiger partial charge in [0.25, 0.3) is 5.91 Å². The summed E-state index contributed by atoms with van der Waals surface area (Å²) in [5.41, 5.74) is 2.35. The first kappa shape index (κ1) is 26.3. The molecule has 0 aliphatic rings. The lowest BCUT2D eigenvalue weighted by Crippen LogP contribution is -2.33. The third-order valence-electron chi connectivity index (χ3n) is 5.42. The van der Waals surface area contributed by atoms with Gasteiger partial charge >= 0.3 is 5.97 Å². The van der Waals surface area contributed by atoms with Crippen LogP contribution in [0.2, 0.25) is 0 Å². The molecule has 0 unspecified atom stereocenters. The predicted octanol–water partition coefficient (Wildman–Crippen LogP) is 6.89. The number of benzene rings is 2. The molecule has 178 valence electrons. The third kappa shape index (κ3) is 10.5. The maximum Gasteiger partial charge on any atom is 0.303 e. The van der Waals surface area contributed by atoms with E-state index in [4.69, 9.17) is 9.94 Å². The Morgan fingerprint density at radius 1 is 0.909 bits per heavy atom. The minimum absolute atomic E-state index is 0.0156. The van der Waals surface area contributed by atoms with Crippen molar-refractivity contribution < 1.29 is 19.5 Å². The summed E-state index contributed by atoms with van der Waals surface area (Å²) in [4.78, 5) is 30.1. The van der Waals surface area contributed by atoms with Crippen LogP contribution in [-0.2, 0) is 16.2 Å². The average molecular weight is 452 g/mol. The number of aliphatic carboxylic acids is 1. The van der Waals surface area contributed by atoms with Crippen LogP contribution in [0.15, 0.2) is 60.7 Å². The molecule has 5 heteroatoms. The van der Waals surface area contributed by atoms with Crippen LogP contribution in [0.25, 0.3) is 6.08 Å². The van der Waals surface area contributed by atoms with Crippen molar-refractivity contribution in [2.24, 2.45) is 0 Å². The molecule has 2 rings (SSSR count). The Labute approximate surface area is 198 Å². The number of allylic oxidation sites excluding steroid dienone is 1. The number of hydrogen-bond acceptors (Lipinski definition) is 3. The molecule has 0 saturated heterocycles. The van der Waals surface area contributed by atoms with Crippen molar-refractivity contribution in [1.29, 1.82) is 0 Å². The monoisotopic (exact) mass is 451 g/mol. The second-order valence-corrected chi connectivity index (χ2v) is 8.21. The number of amides is 1. The van der Waals surface area contributed by atoms with Crippen LogP contribution in [0.4, 0.5) is 0 Å². The third-order valence-corrected chi connectivity index (χ3v) is 5.42. The van der Waals surface area contributed by atoms with E-state index in [1.165, 1.54) is 37.2 Å². The number of carbonyl (C=O) groups excluding carboxylic acids is 1. The van der Waals surface area contributed by atoms with Crippen LogP contribution in [-0.4, -0.2) is 28.6 Å². The molecule has 0 aliphatic heterocycles. The fourth-order valence-corrected chi connectivity index (χ4v) is 3.55. The summed E-state index contributed by atoms with van der Waals surface area (Å²) in [5.74, 6) is -1.14. The Bertz CT molecular complexity index is 863. The number of carbonyl (C=O) groups is 2. The lowest BCUT2D eigenvalue weighted by molar-refractivity contribution is -0.142. The molecule has 0 spiro atoms. The SMILES string of the molecule is CCCCCCCC/C=C/c1ccccc1C(=O)N(CCCC(=O)O)OCc1ccccc1. The molecular weight excluding hydrogens is 414 g/mol. The molecule has 1 amide bonds. The van der Waals surface area contributed by atoms with Gasteiger partial charge in [-0.2, -0.15) is 0 Å². The molecule has 0 aromatic heterocycles. The number of hydroxylamine groups is 2. The standard InChI is InChI=1S/C28H37NO4/c1-2-3-4-5-6-7-8-12-18-25-19-13-14-20-26(25)28(32)29(22-15-21-27(30)31)33-23-24-16-10-9-11-17-24/h9-14,16-20H,2-8,15,21-23H2,1H3,(H,30,31)/b18-12+. The fraction of sp³-hybridized carbons (Fsp3) is 0.429. The summed E-state index contributed by atoms with van der Waals surface area (Å²) >= 11 is 0. The van der Waals surface area contributed by atoms with Crippen LogP contribution in [0, 0.1) is 0 Å². The van der Waals surface area contributed by atoms with E-state index in [0.29, 0.717) is 12.0 Å². The molecule has 5 nitrogen and oxygen atoms in total. The van der Waals surface area contributed by atoms with Crippen molar-refractivity contribution in [3.05, 3.63) is 77.4 Å². The summed E-state index contributed by atoms with van der Waals surface area (Å²) < 4.78 is 0. The van der Waals surface area contributed by atoms with Crippen molar-refractivity contribution in [3.63, 3.8) is 0 Å². The zero-order chi connectivity index (χ0) is 23.7. The maximum atomic E-state index is 13.3. The first-order chi connectivity index (χ1) is 16.1. The van der Waals surface area contributed by atoms with Crippen molar-refractivity contribution in [2.45, 2.75) is 71.3 Å². The zero-order valence-electron chi connectivity index (χ0n) is 19.7. The van der Waals surface area contributed by atoms with Crippen molar-refractivity contribution >= 4 is 18.0 Å². The summed E-state index contributed by atoms with van der Waals surface area (Å²) in [6, 6.07) is 17.1. The van der Waals surface area contributed by atoms with Crippen molar-refractivity contribution in [1.82, 2.24) is 5.06 Å². The molecule has 2 aromatic carbocycles. The molecule has 1 N–H and O–H groups in total. The van der Waals surface area contributed by atoms with Gasteiger partial charge in [0.2, 0.25) is 0 Å². The van der Waals surface area contributed by atoms with Crippen LogP contribution in [0.5, 0.6) is 0 Å². The largest absolute Gasteiger partial charge is 0.481 e. The molecular formula is C28H37NO4. The van der Waals surface area contributed by atoms with E-state index < -0.39 is 5.97 Å². The second kappa shape index (κ2) is 15.8. The van der Waals surface area contributed by atoms with Crippen LogP contribution >= 0.6 is 0 Å². The van der Waals surface area contributed by atoms with Crippen LogP contribution in [0.1, 0.15) is 86.2 Å². The Morgan fingerprint density at radius 3 is 2.36 bits per heavy atom. The van der Waals surface area contributed by atoms with Gasteiger partial charge < -0.3 is 5.11 Å². The van der Waals surface area contributed by atoms with E-state index in [1.54, 1.807) is 6.07 Å². The molecule has 0 saturated carbocycles. The van der Waals surface area contributed by atoms with E-state index in [2.05, 4.69) is 13.0 Å². The Kier molecular flexibility index (Phi) is 12.6. The van der Waals surface area contributed by atoms with Gasteiger partial charge in [0.1, 0.15) is 6.61 Å². The summed E-state index contributed by atoms with van der Waals surface area (Å²) in [6.45, 7) is 2.69. The Hall–Kier alpha value is -2.92. The number of carboxylic acids is 1. The minimum Gasteiger partial charge on any atom is -0.481 e. The molecule has 0 radical (unpaired) electrons. The highest BCUT2D eigenvalue weighted by Crippen LogP contribution is 2.17. The van der Waals surface area contributed by atoms with Gasteiger partial charge in [-0.05, 0) is 36.5 Å². The minimum atomic E-state index is -0.886. The lowest BCUT2D eigenvalue weighted by Gasteiger charge is -2.22. The predicted molar refractivity (Wildman–Crippen MR) is 133 cm³/mol. The van der Waals surface area contributed by atoms with E-state index in [1.807, 2.05) is 54.6 Å². The number of carboxylic acid groups (broad SMARTS) is 1. The van der Waals surface area contributed by atoms with E-state index in [-0.39, 0.29) is 25.5 Å². The van der Waals surface area contributed by atoms with Crippen molar-refractivity contribution in [2.75, 3.05) is 6.54 Å². The van der Waals surface area contributed by atoms with Crippen LogP contribution in [0.3, 0.4) is 0 Å². The zero-order valence-corrected chi connectivity index (χ0v) is 19.7. The van der Waals surface area contributed by atoms with Crippen LogP contribution < -0.4 is 0 Å². The highest BCUT2D eigenvalue weighted by atomic mass is 16.7. The summed E-state index contributed by atoms with van der Waals surface area (Å²) in [6.07, 6.45) is 13.0. The highest BCUT2D eigenvalue weighted by molar-refractivity contribution is 5.97. The summed E-state index contributed by atoms with van der Waals surface area (Å²) in [7, 11) is 0.